The molecule has 0 radical (unpaired) electrons. The highest BCUT2D eigenvalue weighted by molar-refractivity contribution is 6.04. The zero-order valence-electron chi connectivity index (χ0n) is 20.4. The molecule has 0 atom stereocenters. The molecule has 11 heteroatoms. The van der Waals surface area contributed by atoms with Crippen LogP contribution in [0.1, 0.15) is 15.9 Å². The minimum Gasteiger partial charge on any atom is -0.497 e. The minimum absolute atomic E-state index is 0.142. The Balaban J connectivity index is 1.61. The normalized spacial score (nSPS) is 10.5. The average molecular weight is 502 g/mol. The molecule has 5 N–H and O–H groups in total. The first-order valence-electron chi connectivity index (χ1n) is 11.3. The van der Waals surface area contributed by atoms with E-state index in [9.17, 15) is 9.59 Å². The molecule has 4 rings (SSSR count). The van der Waals surface area contributed by atoms with Gasteiger partial charge in [0, 0.05) is 48.5 Å². The summed E-state index contributed by atoms with van der Waals surface area (Å²) < 4.78 is 12.3. The molecule has 2 heterocycles. The Bertz CT molecular complexity index is 1440. The van der Waals surface area contributed by atoms with Gasteiger partial charge in [-0.05, 0) is 30.2 Å². The summed E-state index contributed by atoms with van der Waals surface area (Å²) in [5.41, 5.74) is 8.49. The number of nitrogens with zero attached hydrogens (tertiary/aromatic N) is 3. The SMILES string of the molecule is C=CC(=O)Nc1cccc(CCNc2nc(Nc3cc(OC)cc(OC)c3)c(C(N)=O)c3nccn23)c1. The third-order valence-corrected chi connectivity index (χ3v) is 5.48. The molecular formula is C26H27N7O4. The molecule has 2 aromatic carbocycles. The lowest BCUT2D eigenvalue weighted by Crippen LogP contribution is -2.19. The van der Waals surface area contributed by atoms with Crippen molar-refractivity contribution in [1.82, 2.24) is 14.4 Å². The highest BCUT2D eigenvalue weighted by atomic mass is 16.5. The summed E-state index contributed by atoms with van der Waals surface area (Å²) >= 11 is 0. The number of aromatic nitrogens is 3. The van der Waals surface area contributed by atoms with Crippen molar-refractivity contribution in [1.29, 1.82) is 0 Å². The fraction of sp³-hybridized carbons (Fsp3) is 0.154. The fourth-order valence-electron chi connectivity index (χ4n) is 3.76. The van der Waals surface area contributed by atoms with Crippen LogP contribution in [0, 0.1) is 0 Å². The van der Waals surface area contributed by atoms with Crippen LogP contribution in [0.25, 0.3) is 5.65 Å². The fourth-order valence-corrected chi connectivity index (χ4v) is 3.76. The van der Waals surface area contributed by atoms with Crippen molar-refractivity contribution in [3.63, 3.8) is 0 Å². The predicted octanol–water partition coefficient (Wildman–Crippen LogP) is 3.37. The summed E-state index contributed by atoms with van der Waals surface area (Å²) in [7, 11) is 3.10. The summed E-state index contributed by atoms with van der Waals surface area (Å²) in [6, 6.07) is 12.8. The van der Waals surface area contributed by atoms with E-state index in [1.54, 1.807) is 49.2 Å². The number of ether oxygens (including phenoxy) is 2. The number of hydrogen-bond donors (Lipinski definition) is 4. The lowest BCUT2D eigenvalue weighted by atomic mass is 10.1. The molecule has 0 saturated heterocycles. The van der Waals surface area contributed by atoms with Gasteiger partial charge in [0.05, 0.1) is 14.2 Å². The number of methoxy groups -OCH3 is 2. The molecule has 0 spiro atoms. The van der Waals surface area contributed by atoms with Crippen molar-refractivity contribution in [2.24, 2.45) is 5.73 Å². The van der Waals surface area contributed by atoms with E-state index in [1.165, 1.54) is 6.08 Å². The van der Waals surface area contributed by atoms with Crippen molar-refractivity contribution in [2.45, 2.75) is 6.42 Å². The molecule has 0 unspecified atom stereocenters. The maximum absolute atomic E-state index is 12.4. The van der Waals surface area contributed by atoms with E-state index in [1.807, 2.05) is 24.3 Å². The van der Waals surface area contributed by atoms with Gasteiger partial charge in [-0.15, -0.1) is 0 Å². The number of anilines is 4. The van der Waals surface area contributed by atoms with Gasteiger partial charge in [-0.2, -0.15) is 4.98 Å². The molecule has 0 aliphatic rings. The number of imidazole rings is 1. The van der Waals surface area contributed by atoms with E-state index in [2.05, 4.69) is 32.5 Å². The Kier molecular flexibility index (Phi) is 7.53. The van der Waals surface area contributed by atoms with E-state index in [-0.39, 0.29) is 17.3 Å². The Hall–Kier alpha value is -5.06. The molecule has 4 aromatic rings. The van der Waals surface area contributed by atoms with Crippen LogP contribution in [0.5, 0.6) is 11.5 Å². The number of amides is 2. The molecule has 11 nitrogen and oxygen atoms in total. The van der Waals surface area contributed by atoms with E-state index in [0.717, 1.165) is 5.56 Å². The monoisotopic (exact) mass is 501 g/mol. The molecule has 190 valence electrons. The summed E-state index contributed by atoms with van der Waals surface area (Å²) in [6.45, 7) is 3.98. The van der Waals surface area contributed by atoms with Gasteiger partial charge in [0.15, 0.2) is 11.5 Å². The number of carbonyl (C=O) groups is 2. The number of rotatable bonds is 11. The number of primary amides is 1. The Morgan fingerprint density at radius 1 is 1.11 bits per heavy atom. The van der Waals surface area contributed by atoms with Gasteiger partial charge in [-0.1, -0.05) is 18.7 Å². The molecule has 0 fully saturated rings. The van der Waals surface area contributed by atoms with Crippen molar-refractivity contribution in [3.8, 4) is 11.5 Å². The van der Waals surface area contributed by atoms with Crippen molar-refractivity contribution < 1.29 is 19.1 Å². The van der Waals surface area contributed by atoms with Crippen molar-refractivity contribution in [2.75, 3.05) is 36.7 Å². The summed E-state index contributed by atoms with van der Waals surface area (Å²) in [5, 5.41) is 9.20. The van der Waals surface area contributed by atoms with Crippen LogP contribution in [0.2, 0.25) is 0 Å². The zero-order chi connectivity index (χ0) is 26.4. The number of nitrogens with one attached hydrogen (secondary N) is 3. The summed E-state index contributed by atoms with van der Waals surface area (Å²) in [5.74, 6) is 0.878. The molecule has 37 heavy (non-hydrogen) atoms. The van der Waals surface area contributed by atoms with Gasteiger partial charge in [0.1, 0.15) is 17.1 Å². The molecule has 0 saturated carbocycles. The van der Waals surface area contributed by atoms with Crippen LogP contribution in [0.3, 0.4) is 0 Å². The zero-order valence-corrected chi connectivity index (χ0v) is 20.4. The van der Waals surface area contributed by atoms with E-state index >= 15 is 0 Å². The van der Waals surface area contributed by atoms with Gasteiger partial charge in [-0.3, -0.25) is 14.0 Å². The first kappa shape index (κ1) is 25.0. The second-order valence-electron chi connectivity index (χ2n) is 7.94. The number of carbonyl (C=O) groups excluding carboxylic acids is 2. The maximum atomic E-state index is 12.4. The molecular weight excluding hydrogens is 474 g/mol. The van der Waals surface area contributed by atoms with Gasteiger partial charge < -0.3 is 31.2 Å². The second kappa shape index (κ2) is 11.1. The van der Waals surface area contributed by atoms with Crippen LogP contribution >= 0.6 is 0 Å². The predicted molar refractivity (Wildman–Crippen MR) is 142 cm³/mol. The number of benzene rings is 2. The largest absolute Gasteiger partial charge is 0.497 e. The molecule has 0 bridgehead atoms. The Morgan fingerprint density at radius 3 is 2.54 bits per heavy atom. The molecule has 0 aliphatic carbocycles. The van der Waals surface area contributed by atoms with Gasteiger partial charge in [-0.25, -0.2) is 4.98 Å². The smallest absolute Gasteiger partial charge is 0.256 e. The topological polar surface area (TPSA) is 145 Å². The Morgan fingerprint density at radius 2 is 1.86 bits per heavy atom. The maximum Gasteiger partial charge on any atom is 0.256 e. The van der Waals surface area contributed by atoms with E-state index in [0.29, 0.717) is 47.4 Å². The third-order valence-electron chi connectivity index (χ3n) is 5.48. The number of fused-ring (bicyclic) bond motifs is 1. The van der Waals surface area contributed by atoms with Crippen LogP contribution in [-0.4, -0.2) is 46.9 Å². The molecule has 2 aromatic heterocycles. The molecule has 2 amide bonds. The quantitative estimate of drug-likeness (QED) is 0.229. The van der Waals surface area contributed by atoms with Gasteiger partial charge in [0.25, 0.3) is 5.91 Å². The standard InChI is InChI=1S/C26H27N7O4/c1-4-21(34)30-17-7-5-6-16(12-17)8-9-29-26-32-24(22(23(27)35)25-28-10-11-33(25)26)31-18-13-19(36-2)15-20(14-18)37-3/h4-7,10-15,31H,1,8-9H2,2-3H3,(H2,27,35)(H,29,32)(H,30,34). The van der Waals surface area contributed by atoms with Crippen molar-refractivity contribution in [3.05, 3.63) is 78.6 Å². The minimum atomic E-state index is -0.675. The highest BCUT2D eigenvalue weighted by Gasteiger charge is 2.20. The van der Waals surface area contributed by atoms with E-state index in [4.69, 9.17) is 15.2 Å². The van der Waals surface area contributed by atoms with Crippen LogP contribution in [0.4, 0.5) is 23.1 Å². The summed E-state index contributed by atoms with van der Waals surface area (Å²) in [4.78, 5) is 33.0. The number of hydrogen-bond acceptors (Lipinski definition) is 8. The van der Waals surface area contributed by atoms with Crippen LogP contribution in [-0.2, 0) is 11.2 Å². The third kappa shape index (κ3) is 5.78. The van der Waals surface area contributed by atoms with Gasteiger partial charge >= 0.3 is 0 Å². The lowest BCUT2D eigenvalue weighted by molar-refractivity contribution is -0.111. The first-order valence-corrected chi connectivity index (χ1v) is 11.3. The first-order chi connectivity index (χ1) is 17.9. The highest BCUT2D eigenvalue weighted by Crippen LogP contribution is 2.30. The van der Waals surface area contributed by atoms with Crippen molar-refractivity contribution >= 4 is 40.6 Å². The van der Waals surface area contributed by atoms with Gasteiger partial charge in [0.2, 0.25) is 11.9 Å². The lowest BCUT2D eigenvalue weighted by Gasteiger charge is -2.16. The Labute approximate surface area is 213 Å². The number of nitrogens with two attached hydrogens (primary N) is 1. The molecule has 0 aliphatic heterocycles. The second-order valence-corrected chi connectivity index (χ2v) is 7.94. The van der Waals surface area contributed by atoms with Crippen LogP contribution in [0.15, 0.2) is 67.5 Å². The van der Waals surface area contributed by atoms with E-state index < -0.39 is 5.91 Å². The average Bonchev–Trinajstić information content (AvgIpc) is 3.38. The summed E-state index contributed by atoms with van der Waals surface area (Å²) in [6.07, 6.45) is 5.13. The van der Waals surface area contributed by atoms with Crippen LogP contribution < -0.4 is 31.2 Å².